The monoisotopic (exact) mass is 424 g/mol. The van der Waals surface area contributed by atoms with Gasteiger partial charge in [-0.25, -0.2) is 18.4 Å². The van der Waals surface area contributed by atoms with Crippen molar-refractivity contribution in [3.8, 4) is 0 Å². The molecule has 0 spiro atoms. The van der Waals surface area contributed by atoms with E-state index in [1.54, 1.807) is 12.1 Å². The summed E-state index contributed by atoms with van der Waals surface area (Å²) in [6.45, 7) is 6.07. The van der Waals surface area contributed by atoms with E-state index in [0.717, 1.165) is 22.4 Å². The number of aryl methyl sites for hydroxylation is 1. The van der Waals surface area contributed by atoms with Gasteiger partial charge in [0.1, 0.15) is 5.82 Å². The van der Waals surface area contributed by atoms with Gasteiger partial charge in [-0.1, -0.05) is 30.3 Å². The van der Waals surface area contributed by atoms with E-state index in [1.165, 1.54) is 23.4 Å². The number of fused-ring (bicyclic) bond motifs is 1. The summed E-state index contributed by atoms with van der Waals surface area (Å²) in [7, 11) is -3.57. The number of Topliss-reactive ketones (excluding diaryl/α,β-unsaturated/α-hetero) is 1. The molecule has 3 aromatic rings. The average Bonchev–Trinajstić information content (AvgIpc) is 2.74. The Bertz CT molecular complexity index is 1180. The highest BCUT2D eigenvalue weighted by atomic mass is 32.2. The summed E-state index contributed by atoms with van der Waals surface area (Å²) in [5.41, 5.74) is 2.38. The van der Waals surface area contributed by atoms with Gasteiger partial charge in [0.15, 0.2) is 5.78 Å². The van der Waals surface area contributed by atoms with Crippen LogP contribution in [-0.2, 0) is 16.6 Å². The molecule has 0 N–H and O–H groups in total. The Morgan fingerprint density at radius 2 is 1.63 bits per heavy atom. The smallest absolute Gasteiger partial charge is 0.243 e. The quantitative estimate of drug-likeness (QED) is 0.586. The fraction of sp³-hybridized carbons (Fsp3) is 0.318. The highest BCUT2D eigenvalue weighted by Crippen LogP contribution is 2.20. The van der Waals surface area contributed by atoms with Crippen LogP contribution in [0.5, 0.6) is 0 Å². The number of ketones is 1. The number of sulfonamides is 1. The molecule has 0 atom stereocenters. The van der Waals surface area contributed by atoms with Crippen LogP contribution in [0.3, 0.4) is 0 Å². The molecule has 1 saturated heterocycles. The summed E-state index contributed by atoms with van der Waals surface area (Å²) in [5, 5.41) is 1.05. The summed E-state index contributed by atoms with van der Waals surface area (Å²) in [4.78, 5) is 23.1. The lowest BCUT2D eigenvalue weighted by molar-refractivity contribution is 0.101. The maximum absolute atomic E-state index is 12.9. The topological polar surface area (TPSA) is 83.5 Å². The molecule has 1 aromatic heterocycles. The molecule has 0 aliphatic carbocycles. The van der Waals surface area contributed by atoms with Crippen molar-refractivity contribution >= 4 is 26.7 Å². The van der Waals surface area contributed by atoms with Gasteiger partial charge in [-0.15, -0.1) is 0 Å². The van der Waals surface area contributed by atoms with Gasteiger partial charge in [0.25, 0.3) is 0 Å². The second kappa shape index (κ2) is 8.22. The molecule has 0 unspecified atom stereocenters. The van der Waals surface area contributed by atoms with Crippen LogP contribution in [-0.4, -0.2) is 59.6 Å². The zero-order chi connectivity index (χ0) is 21.3. The molecule has 0 amide bonds. The third kappa shape index (κ3) is 4.12. The van der Waals surface area contributed by atoms with Gasteiger partial charge in [0.2, 0.25) is 10.0 Å². The molecule has 8 heteroatoms. The van der Waals surface area contributed by atoms with Crippen LogP contribution in [0.2, 0.25) is 0 Å². The highest BCUT2D eigenvalue weighted by Gasteiger charge is 2.28. The van der Waals surface area contributed by atoms with Gasteiger partial charge in [-0.2, -0.15) is 4.31 Å². The molecular weight excluding hydrogens is 400 g/mol. The van der Waals surface area contributed by atoms with Crippen LogP contribution >= 0.6 is 0 Å². The van der Waals surface area contributed by atoms with Crippen LogP contribution in [0.4, 0.5) is 0 Å². The van der Waals surface area contributed by atoms with Crippen LogP contribution in [0, 0.1) is 6.92 Å². The van der Waals surface area contributed by atoms with Gasteiger partial charge in [0, 0.05) is 42.8 Å². The maximum Gasteiger partial charge on any atom is 0.243 e. The number of carbonyl (C=O) groups excluding carboxylic acids is 1. The second-order valence-electron chi connectivity index (χ2n) is 7.50. The molecule has 0 bridgehead atoms. The van der Waals surface area contributed by atoms with Crippen molar-refractivity contribution in [1.29, 1.82) is 0 Å². The van der Waals surface area contributed by atoms with E-state index < -0.39 is 10.0 Å². The Balaban J connectivity index is 1.43. The van der Waals surface area contributed by atoms with Gasteiger partial charge in [-0.05, 0) is 32.0 Å². The summed E-state index contributed by atoms with van der Waals surface area (Å²) in [6.07, 6.45) is 0. The van der Waals surface area contributed by atoms with E-state index in [4.69, 9.17) is 0 Å². The minimum atomic E-state index is -3.57. The largest absolute Gasteiger partial charge is 0.295 e. The van der Waals surface area contributed by atoms with E-state index in [-0.39, 0.29) is 10.7 Å². The Labute approximate surface area is 176 Å². The minimum absolute atomic E-state index is 0.0845. The second-order valence-corrected chi connectivity index (χ2v) is 9.44. The van der Waals surface area contributed by atoms with E-state index in [1.807, 2.05) is 31.2 Å². The number of benzene rings is 2. The first-order valence-electron chi connectivity index (χ1n) is 9.90. The van der Waals surface area contributed by atoms with Gasteiger partial charge >= 0.3 is 0 Å². The first-order valence-corrected chi connectivity index (χ1v) is 11.3. The molecule has 2 heterocycles. The third-order valence-corrected chi connectivity index (χ3v) is 7.35. The predicted octanol–water partition coefficient (Wildman–Crippen LogP) is 2.65. The van der Waals surface area contributed by atoms with Crippen molar-refractivity contribution < 1.29 is 13.2 Å². The van der Waals surface area contributed by atoms with Crippen molar-refractivity contribution in [2.45, 2.75) is 25.3 Å². The molecule has 156 valence electrons. The fourth-order valence-electron chi connectivity index (χ4n) is 3.70. The van der Waals surface area contributed by atoms with Crippen molar-refractivity contribution in [3.63, 3.8) is 0 Å². The average molecular weight is 425 g/mol. The predicted molar refractivity (Wildman–Crippen MR) is 115 cm³/mol. The van der Waals surface area contributed by atoms with E-state index >= 15 is 0 Å². The van der Waals surface area contributed by atoms with Gasteiger partial charge < -0.3 is 0 Å². The molecule has 2 aromatic carbocycles. The molecule has 1 fully saturated rings. The molecule has 4 rings (SSSR count). The standard InChI is InChI=1S/C22H24N4O3S/c1-16-20-5-3-4-6-21(20)24-22(23-16)15-25-11-13-26(14-12-25)30(28,29)19-9-7-18(8-10-19)17(2)27/h3-10H,11-15H2,1-2H3. The maximum atomic E-state index is 12.9. The Morgan fingerprint density at radius 3 is 2.30 bits per heavy atom. The summed E-state index contributed by atoms with van der Waals surface area (Å²) in [5.74, 6) is 0.668. The number of hydrogen-bond donors (Lipinski definition) is 0. The number of rotatable bonds is 5. The van der Waals surface area contributed by atoms with Crippen LogP contribution in [0.15, 0.2) is 53.4 Å². The minimum Gasteiger partial charge on any atom is -0.295 e. The first kappa shape index (κ1) is 20.6. The number of carbonyl (C=O) groups is 1. The summed E-state index contributed by atoms with van der Waals surface area (Å²) < 4.78 is 27.3. The number of piperazine rings is 1. The molecule has 7 nitrogen and oxygen atoms in total. The normalized spacial score (nSPS) is 16.1. The summed E-state index contributed by atoms with van der Waals surface area (Å²) >= 11 is 0. The SMILES string of the molecule is CC(=O)c1ccc(S(=O)(=O)N2CCN(Cc3nc(C)c4ccccc4n3)CC2)cc1. The lowest BCUT2D eigenvalue weighted by atomic mass is 10.2. The molecule has 1 aliphatic rings. The van der Waals surface area contributed by atoms with Crippen molar-refractivity contribution in [1.82, 2.24) is 19.2 Å². The summed E-state index contributed by atoms with van der Waals surface area (Å²) in [6, 6.07) is 14.1. The Kier molecular flexibility index (Phi) is 5.64. The number of aromatic nitrogens is 2. The number of hydrogen-bond acceptors (Lipinski definition) is 6. The van der Waals surface area contributed by atoms with Crippen LogP contribution in [0.1, 0.15) is 28.8 Å². The zero-order valence-electron chi connectivity index (χ0n) is 17.1. The molecule has 0 radical (unpaired) electrons. The first-order chi connectivity index (χ1) is 14.3. The van der Waals surface area contributed by atoms with Crippen LogP contribution in [0.25, 0.3) is 10.9 Å². The van der Waals surface area contributed by atoms with E-state index in [9.17, 15) is 13.2 Å². The van der Waals surface area contributed by atoms with Crippen molar-refractivity contribution in [2.75, 3.05) is 26.2 Å². The molecule has 0 saturated carbocycles. The van der Waals surface area contributed by atoms with Gasteiger partial charge in [0.05, 0.1) is 17.0 Å². The Hall–Kier alpha value is -2.68. The van der Waals surface area contributed by atoms with E-state index in [2.05, 4.69) is 14.9 Å². The van der Waals surface area contributed by atoms with Crippen molar-refractivity contribution in [3.05, 3.63) is 65.6 Å². The zero-order valence-corrected chi connectivity index (χ0v) is 17.9. The van der Waals surface area contributed by atoms with Gasteiger partial charge in [-0.3, -0.25) is 9.69 Å². The number of nitrogens with zero attached hydrogens (tertiary/aromatic N) is 4. The van der Waals surface area contributed by atoms with Crippen molar-refractivity contribution in [2.24, 2.45) is 0 Å². The highest BCUT2D eigenvalue weighted by molar-refractivity contribution is 7.89. The lowest BCUT2D eigenvalue weighted by Crippen LogP contribution is -2.48. The fourth-order valence-corrected chi connectivity index (χ4v) is 5.13. The molecular formula is C22H24N4O3S. The van der Waals surface area contributed by atoms with E-state index in [0.29, 0.717) is 38.3 Å². The van der Waals surface area contributed by atoms with Crippen LogP contribution < -0.4 is 0 Å². The third-order valence-electron chi connectivity index (χ3n) is 5.44. The lowest BCUT2D eigenvalue weighted by Gasteiger charge is -2.33. The molecule has 30 heavy (non-hydrogen) atoms. The number of para-hydroxylation sites is 1. The molecule has 1 aliphatic heterocycles. The Morgan fingerprint density at radius 1 is 0.967 bits per heavy atom.